The second-order valence-corrected chi connectivity index (χ2v) is 4.62. The van der Waals surface area contributed by atoms with Gasteiger partial charge in [0.2, 0.25) is 0 Å². The highest BCUT2D eigenvalue weighted by molar-refractivity contribution is 5.86. The van der Waals surface area contributed by atoms with Crippen LogP contribution in [0.2, 0.25) is 0 Å². The van der Waals surface area contributed by atoms with Crippen LogP contribution < -0.4 is 10.1 Å². The minimum atomic E-state index is 0.727. The fourth-order valence-electron chi connectivity index (χ4n) is 2.56. The molecular formula is C13H17N3O. The maximum absolute atomic E-state index is 5.32. The number of nitrogens with one attached hydrogen (secondary N) is 2. The van der Waals surface area contributed by atoms with E-state index in [1.807, 2.05) is 12.1 Å². The van der Waals surface area contributed by atoms with Crippen molar-refractivity contribution in [3.05, 3.63) is 23.9 Å². The topological polar surface area (TPSA) is 49.9 Å². The molecule has 90 valence electrons. The third-order valence-corrected chi connectivity index (χ3v) is 3.50. The summed E-state index contributed by atoms with van der Waals surface area (Å²) in [6.07, 6.45) is 2.32. The molecule has 1 atom stereocenters. The first-order valence-electron chi connectivity index (χ1n) is 6.09. The van der Waals surface area contributed by atoms with Gasteiger partial charge in [0, 0.05) is 11.1 Å². The number of hydrogen-bond acceptors (Lipinski definition) is 3. The van der Waals surface area contributed by atoms with E-state index in [-0.39, 0.29) is 0 Å². The molecule has 1 aliphatic rings. The molecule has 0 amide bonds. The van der Waals surface area contributed by atoms with Crippen LogP contribution in [0.15, 0.2) is 18.2 Å². The Kier molecular flexibility index (Phi) is 2.73. The number of rotatable bonds is 3. The smallest absolute Gasteiger partial charge is 0.146 e. The first-order chi connectivity index (χ1) is 8.38. The Balaban J connectivity index is 1.94. The number of methoxy groups -OCH3 is 1. The predicted molar refractivity (Wildman–Crippen MR) is 67.3 cm³/mol. The molecule has 0 saturated carbocycles. The number of para-hydroxylation sites is 1. The summed E-state index contributed by atoms with van der Waals surface area (Å²) in [5, 5.41) is 12.1. The van der Waals surface area contributed by atoms with Crippen LogP contribution in [-0.2, 0) is 6.42 Å². The first kappa shape index (κ1) is 10.6. The SMILES string of the molecule is COc1cccc2c(CC3CCNC3)[nH]nc12. The van der Waals surface area contributed by atoms with Crippen LogP contribution in [0.1, 0.15) is 12.1 Å². The lowest BCUT2D eigenvalue weighted by molar-refractivity contribution is 0.419. The second kappa shape index (κ2) is 4.37. The Bertz CT molecular complexity index is 514. The van der Waals surface area contributed by atoms with E-state index < -0.39 is 0 Å². The molecular weight excluding hydrogens is 214 g/mol. The Hall–Kier alpha value is -1.55. The lowest BCUT2D eigenvalue weighted by Gasteiger charge is -2.06. The van der Waals surface area contributed by atoms with Crippen molar-refractivity contribution in [1.82, 2.24) is 15.5 Å². The average molecular weight is 231 g/mol. The van der Waals surface area contributed by atoms with E-state index in [2.05, 4.69) is 21.6 Å². The third-order valence-electron chi connectivity index (χ3n) is 3.50. The molecule has 17 heavy (non-hydrogen) atoms. The molecule has 0 spiro atoms. The molecule has 0 bridgehead atoms. The van der Waals surface area contributed by atoms with E-state index in [0.29, 0.717) is 0 Å². The van der Waals surface area contributed by atoms with Gasteiger partial charge in [-0.15, -0.1) is 0 Å². The van der Waals surface area contributed by atoms with Gasteiger partial charge in [-0.3, -0.25) is 5.10 Å². The van der Waals surface area contributed by atoms with Gasteiger partial charge < -0.3 is 10.1 Å². The molecule has 0 radical (unpaired) electrons. The van der Waals surface area contributed by atoms with Gasteiger partial charge in [-0.25, -0.2) is 0 Å². The van der Waals surface area contributed by atoms with Crippen molar-refractivity contribution in [2.45, 2.75) is 12.8 Å². The number of hydrogen-bond donors (Lipinski definition) is 2. The van der Waals surface area contributed by atoms with Crippen LogP contribution in [0.25, 0.3) is 10.9 Å². The van der Waals surface area contributed by atoms with E-state index in [4.69, 9.17) is 4.74 Å². The molecule has 4 heteroatoms. The monoisotopic (exact) mass is 231 g/mol. The van der Waals surface area contributed by atoms with Crippen LogP contribution >= 0.6 is 0 Å². The highest BCUT2D eigenvalue weighted by atomic mass is 16.5. The van der Waals surface area contributed by atoms with Crippen LogP contribution in [-0.4, -0.2) is 30.4 Å². The molecule has 1 fully saturated rings. The van der Waals surface area contributed by atoms with Gasteiger partial charge in [0.05, 0.1) is 7.11 Å². The Morgan fingerprint density at radius 1 is 1.47 bits per heavy atom. The van der Waals surface area contributed by atoms with Crippen molar-refractivity contribution < 1.29 is 4.74 Å². The van der Waals surface area contributed by atoms with Crippen LogP contribution in [0.3, 0.4) is 0 Å². The number of ether oxygens (including phenoxy) is 1. The summed E-state index contributed by atoms with van der Waals surface area (Å²) >= 11 is 0. The summed E-state index contributed by atoms with van der Waals surface area (Å²) in [4.78, 5) is 0. The van der Waals surface area contributed by atoms with Gasteiger partial charge >= 0.3 is 0 Å². The summed E-state index contributed by atoms with van der Waals surface area (Å²) in [6, 6.07) is 6.08. The quantitative estimate of drug-likeness (QED) is 0.845. The van der Waals surface area contributed by atoms with Crippen LogP contribution in [0, 0.1) is 5.92 Å². The minimum absolute atomic E-state index is 0.727. The Labute approximate surface area is 100 Å². The summed E-state index contributed by atoms with van der Waals surface area (Å²) in [6.45, 7) is 2.25. The standard InChI is InChI=1S/C13H17N3O/c1-17-12-4-2-3-10-11(15-16-13(10)12)7-9-5-6-14-8-9/h2-4,9,14H,5-8H2,1H3,(H,15,16). The van der Waals surface area contributed by atoms with Gasteiger partial charge in [0.15, 0.2) is 0 Å². The molecule has 1 saturated heterocycles. The normalized spacial score (nSPS) is 19.9. The lowest BCUT2D eigenvalue weighted by Crippen LogP contribution is -2.11. The van der Waals surface area contributed by atoms with Crippen molar-refractivity contribution in [3.63, 3.8) is 0 Å². The number of fused-ring (bicyclic) bond motifs is 1. The fourth-order valence-corrected chi connectivity index (χ4v) is 2.56. The van der Waals surface area contributed by atoms with Crippen molar-refractivity contribution >= 4 is 10.9 Å². The third kappa shape index (κ3) is 1.89. The van der Waals surface area contributed by atoms with E-state index >= 15 is 0 Å². The highest BCUT2D eigenvalue weighted by Gasteiger charge is 2.18. The Morgan fingerprint density at radius 3 is 3.18 bits per heavy atom. The van der Waals surface area contributed by atoms with Gasteiger partial charge in [-0.2, -0.15) is 5.10 Å². The molecule has 1 aliphatic heterocycles. The van der Waals surface area contributed by atoms with Gasteiger partial charge in [0.1, 0.15) is 11.3 Å². The molecule has 3 rings (SSSR count). The molecule has 1 aromatic heterocycles. The van der Waals surface area contributed by atoms with Gasteiger partial charge in [0.25, 0.3) is 0 Å². The molecule has 4 nitrogen and oxygen atoms in total. The first-order valence-corrected chi connectivity index (χ1v) is 6.09. The van der Waals surface area contributed by atoms with Crippen LogP contribution in [0.4, 0.5) is 0 Å². The maximum atomic E-state index is 5.32. The predicted octanol–water partition coefficient (Wildman–Crippen LogP) is 1.72. The van der Waals surface area contributed by atoms with Crippen molar-refractivity contribution in [2.75, 3.05) is 20.2 Å². The van der Waals surface area contributed by atoms with E-state index in [9.17, 15) is 0 Å². The van der Waals surface area contributed by atoms with E-state index in [0.717, 1.165) is 36.7 Å². The average Bonchev–Trinajstić information content (AvgIpc) is 2.99. The summed E-state index contributed by atoms with van der Waals surface area (Å²) in [5.41, 5.74) is 2.17. The number of aromatic nitrogens is 2. The van der Waals surface area contributed by atoms with E-state index in [1.165, 1.54) is 17.5 Å². The second-order valence-electron chi connectivity index (χ2n) is 4.62. The fraction of sp³-hybridized carbons (Fsp3) is 0.462. The maximum Gasteiger partial charge on any atom is 0.146 e. The lowest BCUT2D eigenvalue weighted by atomic mass is 10.0. The Morgan fingerprint density at radius 2 is 2.41 bits per heavy atom. The molecule has 2 N–H and O–H groups in total. The minimum Gasteiger partial charge on any atom is -0.494 e. The zero-order valence-electron chi connectivity index (χ0n) is 9.99. The number of nitrogens with zero attached hydrogens (tertiary/aromatic N) is 1. The van der Waals surface area contributed by atoms with Crippen molar-refractivity contribution in [3.8, 4) is 5.75 Å². The molecule has 1 aromatic carbocycles. The number of benzene rings is 1. The van der Waals surface area contributed by atoms with Crippen molar-refractivity contribution in [1.29, 1.82) is 0 Å². The highest BCUT2D eigenvalue weighted by Crippen LogP contribution is 2.27. The van der Waals surface area contributed by atoms with Crippen LogP contribution in [0.5, 0.6) is 5.75 Å². The molecule has 0 aliphatic carbocycles. The molecule has 2 aromatic rings. The van der Waals surface area contributed by atoms with E-state index in [1.54, 1.807) is 7.11 Å². The summed E-state index contributed by atoms with van der Waals surface area (Å²) in [7, 11) is 1.68. The number of H-pyrrole nitrogens is 1. The molecule has 2 heterocycles. The summed E-state index contributed by atoms with van der Waals surface area (Å²) in [5.74, 6) is 1.57. The largest absolute Gasteiger partial charge is 0.494 e. The van der Waals surface area contributed by atoms with Gasteiger partial charge in [-0.1, -0.05) is 12.1 Å². The molecule has 1 unspecified atom stereocenters. The zero-order valence-corrected chi connectivity index (χ0v) is 9.99. The zero-order chi connectivity index (χ0) is 11.7. The van der Waals surface area contributed by atoms with Gasteiger partial charge in [-0.05, 0) is 37.9 Å². The summed E-state index contributed by atoms with van der Waals surface area (Å²) < 4.78 is 5.32. The van der Waals surface area contributed by atoms with Crippen molar-refractivity contribution in [2.24, 2.45) is 5.92 Å². The number of aromatic amines is 1.